The molecule has 2 nitrogen and oxygen atoms in total. The number of halogens is 1. The molecule has 0 aliphatic carbocycles. The van der Waals surface area contributed by atoms with Gasteiger partial charge in [-0.1, -0.05) is 78.9 Å². The molecule has 3 heterocycles. The summed E-state index contributed by atoms with van der Waals surface area (Å²) < 4.78 is 20.8. The fraction of sp³-hybridized carbons (Fsp3) is 0.333. The van der Waals surface area contributed by atoms with Crippen LogP contribution < -0.4 is 0 Å². The van der Waals surface area contributed by atoms with Crippen LogP contribution in [-0.4, -0.2) is 30.1 Å². The van der Waals surface area contributed by atoms with Gasteiger partial charge in [-0.2, -0.15) is 0 Å². The molecule has 3 aliphatic heterocycles. The summed E-state index contributed by atoms with van der Waals surface area (Å²) in [5.41, 5.74) is 3.28. The summed E-state index contributed by atoms with van der Waals surface area (Å²) in [6.07, 6.45) is 2.42. The highest BCUT2D eigenvalue weighted by molar-refractivity contribution is 5.35. The molecule has 0 N–H and O–H groups in total. The van der Waals surface area contributed by atoms with Crippen LogP contribution in [0.4, 0.5) is 4.39 Å². The molecular weight excluding hydrogens is 373 g/mol. The molecule has 30 heavy (non-hydrogen) atoms. The van der Waals surface area contributed by atoms with Gasteiger partial charge in [0, 0.05) is 17.5 Å². The van der Waals surface area contributed by atoms with Crippen LogP contribution in [0.25, 0.3) is 0 Å². The van der Waals surface area contributed by atoms with Gasteiger partial charge in [-0.25, -0.2) is 4.39 Å². The first-order chi connectivity index (χ1) is 14.8. The van der Waals surface area contributed by atoms with Crippen molar-refractivity contribution >= 4 is 0 Å². The zero-order chi connectivity index (χ0) is 20.3. The van der Waals surface area contributed by atoms with Crippen molar-refractivity contribution in [1.82, 2.24) is 4.90 Å². The summed E-state index contributed by atoms with van der Waals surface area (Å²) in [6, 6.07) is 28.8. The van der Waals surface area contributed by atoms with Crippen LogP contribution in [0.2, 0.25) is 0 Å². The van der Waals surface area contributed by atoms with E-state index in [9.17, 15) is 4.39 Å². The first-order valence-corrected chi connectivity index (χ1v) is 11.0. The van der Waals surface area contributed by atoms with Crippen molar-refractivity contribution in [1.29, 1.82) is 0 Å². The second-order valence-corrected chi connectivity index (χ2v) is 8.53. The van der Waals surface area contributed by atoms with Crippen LogP contribution in [0.5, 0.6) is 0 Å². The number of hydrogen-bond donors (Lipinski definition) is 0. The average Bonchev–Trinajstić information content (AvgIpc) is 2.81. The van der Waals surface area contributed by atoms with Gasteiger partial charge in [0.15, 0.2) is 0 Å². The summed E-state index contributed by atoms with van der Waals surface area (Å²) in [5, 5.41) is 0. The molecule has 3 heteroatoms. The van der Waals surface area contributed by atoms with Gasteiger partial charge in [0.2, 0.25) is 0 Å². The number of rotatable bonds is 6. The predicted octanol–water partition coefficient (Wildman–Crippen LogP) is 5.64. The summed E-state index contributed by atoms with van der Waals surface area (Å²) in [6.45, 7) is 2.56. The Hall–Kier alpha value is -2.49. The van der Waals surface area contributed by atoms with Crippen molar-refractivity contribution in [2.24, 2.45) is 5.92 Å². The highest BCUT2D eigenvalue weighted by atomic mass is 19.1. The number of nitrogens with zero attached hydrogens (tertiary/aromatic N) is 1. The minimum Gasteiger partial charge on any atom is -0.371 e. The maximum Gasteiger partial charge on any atom is 0.128 e. The molecule has 6 rings (SSSR count). The van der Waals surface area contributed by atoms with Crippen molar-refractivity contribution < 1.29 is 9.13 Å². The third kappa shape index (κ3) is 3.80. The molecule has 3 aliphatic rings. The van der Waals surface area contributed by atoms with E-state index in [1.165, 1.54) is 17.2 Å². The van der Waals surface area contributed by atoms with E-state index in [2.05, 4.69) is 65.6 Å². The minimum absolute atomic E-state index is 0.0949. The van der Waals surface area contributed by atoms with Crippen molar-refractivity contribution in [3.8, 4) is 0 Å². The Balaban J connectivity index is 1.50. The Morgan fingerprint density at radius 2 is 1.37 bits per heavy atom. The zero-order valence-corrected chi connectivity index (χ0v) is 17.2. The lowest BCUT2D eigenvalue weighted by Crippen LogP contribution is -2.60. The summed E-state index contributed by atoms with van der Waals surface area (Å²) in [4.78, 5) is 2.61. The SMILES string of the molecule is Fc1ccccc1CO[C@@H]1C2CCN(CC2)[C@@H]1C(c1ccccc1)c1ccccc1. The quantitative estimate of drug-likeness (QED) is 0.530. The Morgan fingerprint density at radius 1 is 0.800 bits per heavy atom. The van der Waals surface area contributed by atoms with Crippen molar-refractivity contribution in [3.05, 3.63) is 107 Å². The maximum atomic E-state index is 14.2. The molecule has 0 saturated carbocycles. The first kappa shape index (κ1) is 19.5. The van der Waals surface area contributed by atoms with Gasteiger partial charge in [-0.3, -0.25) is 4.90 Å². The second kappa shape index (κ2) is 8.71. The van der Waals surface area contributed by atoms with Crippen LogP contribution in [0, 0.1) is 11.7 Å². The lowest BCUT2D eigenvalue weighted by Gasteiger charge is -2.53. The molecule has 3 aromatic carbocycles. The fourth-order valence-corrected chi connectivity index (χ4v) is 5.38. The lowest BCUT2D eigenvalue weighted by atomic mass is 9.72. The van der Waals surface area contributed by atoms with Crippen LogP contribution >= 0.6 is 0 Å². The standard InChI is InChI=1S/C27H28FNO/c28-24-14-8-7-13-23(24)19-30-27-22-15-17-29(18-16-22)26(27)25(20-9-3-1-4-10-20)21-11-5-2-6-12-21/h1-14,22,25-27H,15-19H2/t26-,27-/m1/s1. The molecule has 0 amide bonds. The average molecular weight is 402 g/mol. The van der Waals surface area contributed by atoms with E-state index in [1.807, 2.05) is 12.1 Å². The topological polar surface area (TPSA) is 12.5 Å². The molecule has 154 valence electrons. The van der Waals surface area contributed by atoms with Crippen molar-refractivity contribution in [3.63, 3.8) is 0 Å². The molecule has 0 radical (unpaired) electrons. The van der Waals surface area contributed by atoms with Crippen LogP contribution in [0.15, 0.2) is 84.9 Å². The third-order valence-corrected chi connectivity index (χ3v) is 6.85. The van der Waals surface area contributed by atoms with Crippen molar-refractivity contribution in [2.75, 3.05) is 13.1 Å². The van der Waals surface area contributed by atoms with E-state index in [0.717, 1.165) is 25.9 Å². The van der Waals surface area contributed by atoms with Crippen LogP contribution in [0.1, 0.15) is 35.4 Å². The Kier molecular flexibility index (Phi) is 5.65. The summed E-state index contributed by atoms with van der Waals surface area (Å²) in [5.74, 6) is 0.584. The van der Waals surface area contributed by atoms with Gasteiger partial charge >= 0.3 is 0 Å². The van der Waals surface area contributed by atoms with Crippen molar-refractivity contribution in [2.45, 2.75) is 37.5 Å². The second-order valence-electron chi connectivity index (χ2n) is 8.53. The molecule has 2 atom stereocenters. The van der Waals surface area contributed by atoms with Crippen LogP contribution in [-0.2, 0) is 11.3 Å². The predicted molar refractivity (Wildman–Crippen MR) is 118 cm³/mol. The van der Waals surface area contributed by atoms with Gasteiger partial charge in [0.05, 0.1) is 12.7 Å². The molecule has 0 spiro atoms. The Bertz CT molecular complexity index is 913. The summed E-state index contributed by atoms with van der Waals surface area (Å²) in [7, 11) is 0. The van der Waals surface area contributed by atoms with E-state index in [0.29, 0.717) is 18.1 Å². The number of hydrogen-bond acceptors (Lipinski definition) is 2. The largest absolute Gasteiger partial charge is 0.371 e. The van der Waals surface area contributed by atoms with E-state index in [4.69, 9.17) is 4.74 Å². The number of benzene rings is 3. The van der Waals surface area contributed by atoms with E-state index >= 15 is 0 Å². The summed E-state index contributed by atoms with van der Waals surface area (Å²) >= 11 is 0. The smallest absolute Gasteiger partial charge is 0.128 e. The molecule has 0 unspecified atom stereocenters. The molecule has 3 aromatic rings. The van der Waals surface area contributed by atoms with E-state index < -0.39 is 0 Å². The molecule has 3 saturated heterocycles. The van der Waals surface area contributed by atoms with Crippen LogP contribution in [0.3, 0.4) is 0 Å². The number of ether oxygens (including phenoxy) is 1. The monoisotopic (exact) mass is 401 g/mol. The first-order valence-electron chi connectivity index (χ1n) is 11.0. The van der Waals surface area contributed by atoms with E-state index in [-0.39, 0.29) is 23.9 Å². The molecule has 2 bridgehead atoms. The minimum atomic E-state index is -0.182. The molecule has 0 aromatic heterocycles. The normalized spacial score (nSPS) is 25.5. The van der Waals surface area contributed by atoms with Gasteiger partial charge in [-0.05, 0) is 49.0 Å². The Labute approximate surface area is 178 Å². The highest BCUT2D eigenvalue weighted by Crippen LogP contribution is 2.43. The van der Waals surface area contributed by atoms with Gasteiger partial charge < -0.3 is 4.74 Å². The number of fused-ring (bicyclic) bond motifs is 3. The number of piperidine rings is 3. The Morgan fingerprint density at radius 3 is 1.97 bits per heavy atom. The maximum absolute atomic E-state index is 14.2. The lowest BCUT2D eigenvalue weighted by molar-refractivity contribution is -0.120. The van der Waals surface area contributed by atoms with Gasteiger partial charge in [0.25, 0.3) is 0 Å². The fourth-order valence-electron chi connectivity index (χ4n) is 5.38. The molecule has 3 fully saturated rings. The van der Waals surface area contributed by atoms with Gasteiger partial charge in [0.1, 0.15) is 5.82 Å². The van der Waals surface area contributed by atoms with E-state index in [1.54, 1.807) is 6.07 Å². The zero-order valence-electron chi connectivity index (χ0n) is 17.2. The van der Waals surface area contributed by atoms with Gasteiger partial charge in [-0.15, -0.1) is 0 Å². The third-order valence-electron chi connectivity index (χ3n) is 6.85. The highest BCUT2D eigenvalue weighted by Gasteiger charge is 2.47. The molecular formula is C27H28FNO.